The minimum Gasteiger partial charge on any atom is -0.497 e. The number of carbonyl (C=O) groups is 3. The molecule has 3 aromatic heterocycles. The van der Waals surface area contributed by atoms with Gasteiger partial charge in [-0.2, -0.15) is 0 Å². The van der Waals surface area contributed by atoms with Crippen molar-refractivity contribution in [1.29, 1.82) is 0 Å². The van der Waals surface area contributed by atoms with E-state index in [1.54, 1.807) is 47.3 Å². The zero-order chi connectivity index (χ0) is 45.1. The van der Waals surface area contributed by atoms with E-state index in [-0.39, 0.29) is 30.3 Å². The van der Waals surface area contributed by atoms with Gasteiger partial charge in [0.15, 0.2) is 10.8 Å². The second-order valence-corrected chi connectivity index (χ2v) is 17.3. The minimum atomic E-state index is -0.994. The average molecular weight is 907 g/mol. The summed E-state index contributed by atoms with van der Waals surface area (Å²) in [5.74, 6) is -0.340. The topological polar surface area (TPSA) is 179 Å². The first-order chi connectivity index (χ1) is 31.7. The van der Waals surface area contributed by atoms with Crippen LogP contribution < -0.4 is 25.7 Å². The highest BCUT2D eigenvalue weighted by Crippen LogP contribution is 2.42. The number of aromatic nitrogens is 4. The van der Waals surface area contributed by atoms with Gasteiger partial charge >= 0.3 is 11.6 Å². The number of benzene rings is 4. The van der Waals surface area contributed by atoms with Crippen molar-refractivity contribution in [1.82, 2.24) is 24.8 Å². The lowest BCUT2D eigenvalue weighted by atomic mass is 9.77. The number of hydrogen-bond acceptors (Lipinski definition) is 13. The number of nitrogens with one attached hydrogen (secondary N) is 2. The smallest absolute Gasteiger partial charge is 0.355 e. The van der Waals surface area contributed by atoms with Crippen LogP contribution in [0.1, 0.15) is 33.6 Å². The summed E-state index contributed by atoms with van der Waals surface area (Å²) >= 11 is 2.73. The number of anilines is 2. The Balaban J connectivity index is 0.982. The molecule has 1 fully saturated rings. The van der Waals surface area contributed by atoms with Crippen molar-refractivity contribution < 1.29 is 33.3 Å². The molecule has 0 radical (unpaired) electrons. The Labute approximate surface area is 382 Å². The number of thiazole rings is 1. The Kier molecular flexibility index (Phi) is 12.1. The molecular formula is C48H44N9O6S2+. The predicted molar refractivity (Wildman–Crippen MR) is 248 cm³/mol. The number of methoxy groups -OCH3 is 1. The first kappa shape index (κ1) is 42.8. The number of rotatable bonds is 15. The standard InChI is InChI=1S/C48H43N9O6S2/c1-30-25-39-55(24-23-38(49)57(39)53-30)26-32-28-64-45-41(44(59)56(45)42(32)46(60)63-27-31-19-21-36(61-2)22-20-31)51-43(58)40(54-62-3)37-29-65-47(50-37)52-48(33-13-7-4-8-14-33,34-15-9-5-10-16-34)35-17-11-6-12-18-35/h4-25,29,41,45,49H,26-28H2,1-3H3,(H2,50,51,52,58)/p+1/t41-,45+/m1/s1. The van der Waals surface area contributed by atoms with E-state index in [2.05, 4.69) is 57.3 Å². The third kappa shape index (κ3) is 8.26. The first-order valence-electron chi connectivity index (χ1n) is 20.6. The molecule has 2 amide bonds. The summed E-state index contributed by atoms with van der Waals surface area (Å²) in [7, 11) is 2.91. The lowest BCUT2D eigenvalue weighted by Crippen LogP contribution is -2.71. The number of aryl methyl sites for hydroxylation is 1. The molecule has 2 aliphatic heterocycles. The summed E-state index contributed by atoms with van der Waals surface area (Å²) < 4.78 is 14.7. The highest BCUT2D eigenvalue weighted by atomic mass is 32.2. The van der Waals surface area contributed by atoms with Crippen LogP contribution in [0, 0.1) is 6.92 Å². The van der Waals surface area contributed by atoms with Crippen LogP contribution in [-0.2, 0) is 42.6 Å². The van der Waals surface area contributed by atoms with Crippen molar-refractivity contribution in [3.63, 3.8) is 0 Å². The van der Waals surface area contributed by atoms with Gasteiger partial charge in [-0.05, 0) is 41.3 Å². The van der Waals surface area contributed by atoms with Crippen LogP contribution in [0.5, 0.6) is 5.75 Å². The number of nitrogen functional groups attached to an aromatic ring is 1. The van der Waals surface area contributed by atoms with Gasteiger partial charge in [-0.1, -0.05) is 118 Å². The molecule has 9 rings (SSSR count). The Hall–Kier alpha value is -7.50. The SMILES string of the molecule is CON=C(C(=O)N[C@@H]1C(=O)N2C(C(=O)OCc3ccc(OC)cc3)=C(C[n+]3ccc(N)n4nc(C)cc43)CS[C@@H]12)c1csc(NC(c2ccccc2)(c2ccccc2)c2ccccc2)n1. The van der Waals surface area contributed by atoms with Gasteiger partial charge in [-0.15, -0.1) is 23.1 Å². The molecule has 4 aromatic carbocycles. The number of nitrogens with two attached hydrogens (primary N) is 1. The average Bonchev–Trinajstić information content (AvgIpc) is 3.99. The van der Waals surface area contributed by atoms with Gasteiger partial charge in [-0.3, -0.25) is 14.5 Å². The van der Waals surface area contributed by atoms with Crippen LogP contribution in [-0.4, -0.2) is 74.4 Å². The van der Waals surface area contributed by atoms with Crippen molar-refractivity contribution in [3.05, 3.63) is 184 Å². The van der Waals surface area contributed by atoms with Gasteiger partial charge in [-0.25, -0.2) is 14.3 Å². The molecule has 0 bridgehead atoms. The van der Waals surface area contributed by atoms with Crippen LogP contribution in [0.3, 0.4) is 0 Å². The van der Waals surface area contributed by atoms with Crippen LogP contribution >= 0.6 is 23.1 Å². The van der Waals surface area contributed by atoms with Gasteiger partial charge in [0, 0.05) is 22.8 Å². The molecule has 17 heteroatoms. The number of esters is 1. The maximum absolute atomic E-state index is 14.2. The van der Waals surface area contributed by atoms with E-state index in [4.69, 9.17) is 25.0 Å². The number of nitrogens with zero attached hydrogens (tertiary/aromatic N) is 6. The zero-order valence-corrected chi connectivity index (χ0v) is 37.2. The van der Waals surface area contributed by atoms with Crippen molar-refractivity contribution in [2.75, 3.05) is 31.0 Å². The number of amides is 2. The molecule has 1 saturated heterocycles. The fourth-order valence-electron chi connectivity index (χ4n) is 8.15. The molecule has 4 N–H and O–H groups in total. The second kappa shape index (κ2) is 18.3. The predicted octanol–water partition coefficient (Wildman–Crippen LogP) is 5.83. The summed E-state index contributed by atoms with van der Waals surface area (Å²) in [4.78, 5) is 54.1. The van der Waals surface area contributed by atoms with E-state index < -0.39 is 34.7 Å². The molecule has 7 aromatic rings. The first-order valence-corrected chi connectivity index (χ1v) is 22.5. The van der Waals surface area contributed by atoms with E-state index in [0.717, 1.165) is 27.9 Å². The minimum absolute atomic E-state index is 0.0365. The molecule has 2 aliphatic rings. The molecule has 65 heavy (non-hydrogen) atoms. The number of ether oxygens (including phenoxy) is 2. The monoisotopic (exact) mass is 906 g/mol. The van der Waals surface area contributed by atoms with E-state index in [1.165, 1.54) is 35.1 Å². The maximum atomic E-state index is 14.2. The van der Waals surface area contributed by atoms with Crippen LogP contribution in [0.15, 0.2) is 155 Å². The van der Waals surface area contributed by atoms with Crippen molar-refractivity contribution in [2.45, 2.75) is 37.0 Å². The summed E-state index contributed by atoms with van der Waals surface area (Å²) in [5, 5.41) is 16.8. The molecule has 15 nitrogen and oxygen atoms in total. The van der Waals surface area contributed by atoms with Crippen LogP contribution in [0.25, 0.3) is 5.65 Å². The number of thioether (sulfide) groups is 1. The lowest BCUT2D eigenvalue weighted by Gasteiger charge is -2.49. The van der Waals surface area contributed by atoms with E-state index >= 15 is 0 Å². The van der Waals surface area contributed by atoms with Gasteiger partial charge in [0.2, 0.25) is 5.82 Å². The Morgan fingerprint density at radius 3 is 2.18 bits per heavy atom. The molecule has 2 atom stereocenters. The Morgan fingerprint density at radius 1 is 0.923 bits per heavy atom. The third-order valence-electron chi connectivity index (χ3n) is 11.3. The highest BCUT2D eigenvalue weighted by Gasteiger charge is 2.55. The molecule has 5 heterocycles. The quantitative estimate of drug-likeness (QED) is 0.0282. The normalized spacial score (nSPS) is 16.1. The van der Waals surface area contributed by atoms with Crippen molar-refractivity contribution in [3.8, 4) is 5.75 Å². The van der Waals surface area contributed by atoms with Crippen LogP contribution in [0.4, 0.5) is 10.9 Å². The van der Waals surface area contributed by atoms with Crippen molar-refractivity contribution >= 4 is 63.2 Å². The number of β-lactam (4-membered cyclic amide) rings is 1. The van der Waals surface area contributed by atoms with Gasteiger partial charge in [0.25, 0.3) is 11.8 Å². The van der Waals surface area contributed by atoms with Crippen molar-refractivity contribution in [2.24, 2.45) is 5.16 Å². The zero-order valence-electron chi connectivity index (χ0n) is 35.6. The van der Waals surface area contributed by atoms with Gasteiger partial charge in [0.05, 0.1) is 25.1 Å². The summed E-state index contributed by atoms with van der Waals surface area (Å²) in [5.41, 5.74) is 11.4. The largest absolute Gasteiger partial charge is 0.497 e. The van der Waals surface area contributed by atoms with Crippen LogP contribution in [0.2, 0.25) is 0 Å². The molecule has 0 unspecified atom stereocenters. The van der Waals surface area contributed by atoms with E-state index in [1.807, 2.05) is 78.4 Å². The Morgan fingerprint density at radius 2 is 1.57 bits per heavy atom. The van der Waals surface area contributed by atoms with Gasteiger partial charge in [0.1, 0.15) is 54.4 Å². The van der Waals surface area contributed by atoms with E-state index in [0.29, 0.717) is 33.7 Å². The molecule has 0 spiro atoms. The van der Waals surface area contributed by atoms with Gasteiger partial charge < -0.3 is 30.7 Å². The lowest BCUT2D eigenvalue weighted by molar-refractivity contribution is -0.666. The fraction of sp³-hybridized carbons (Fsp3) is 0.188. The molecular weight excluding hydrogens is 863 g/mol. The summed E-state index contributed by atoms with van der Waals surface area (Å²) in [6.07, 6.45) is 1.82. The number of fused-ring (bicyclic) bond motifs is 2. The third-order valence-corrected chi connectivity index (χ3v) is 13.4. The second-order valence-electron chi connectivity index (χ2n) is 15.3. The summed E-state index contributed by atoms with van der Waals surface area (Å²) in [6, 6.07) is 40.1. The number of hydrogen-bond donors (Lipinski definition) is 3. The Bertz CT molecular complexity index is 2850. The highest BCUT2D eigenvalue weighted by molar-refractivity contribution is 8.00. The number of oxime groups is 1. The molecule has 0 saturated carbocycles. The molecule has 0 aliphatic carbocycles. The maximum Gasteiger partial charge on any atom is 0.355 e. The fourth-order valence-corrected chi connectivity index (χ4v) is 10.2. The number of carbonyl (C=O) groups excluding carboxylic acids is 3. The summed E-state index contributed by atoms with van der Waals surface area (Å²) in [6.45, 7) is 2.08. The van der Waals surface area contributed by atoms with E-state index in [9.17, 15) is 14.4 Å². The molecule has 328 valence electrons.